The van der Waals surface area contributed by atoms with Gasteiger partial charge in [-0.2, -0.15) is 29.9 Å². The molecule has 4 aromatic carbocycles. The van der Waals surface area contributed by atoms with Crippen molar-refractivity contribution in [3.63, 3.8) is 0 Å². The van der Waals surface area contributed by atoms with Crippen molar-refractivity contribution in [2.24, 2.45) is 0 Å². The molecule has 0 aliphatic rings. The largest absolute Gasteiger partial charge is 0.457 e. The highest BCUT2D eigenvalue weighted by atomic mass is 35.5. The second-order valence-corrected chi connectivity index (χ2v) is 9.56. The van der Waals surface area contributed by atoms with Gasteiger partial charge in [-0.05, 0) is 96.0 Å². The molecule has 6 aromatic rings. The van der Waals surface area contributed by atoms with E-state index in [-0.39, 0.29) is 10.6 Å². The van der Waals surface area contributed by atoms with Gasteiger partial charge in [-0.25, -0.2) is 0 Å². The average molecular weight is 609 g/mol. The van der Waals surface area contributed by atoms with E-state index in [1.807, 2.05) is 109 Å². The number of nitrogens with one attached hydrogen (secondary N) is 4. The minimum Gasteiger partial charge on any atom is -0.457 e. The SMILES string of the molecule is Clc1nc(Nc2ccccc2)nc(Nc2ccc(Oc3ccc(Nc4nc(Cl)nc(Nc5ccccc5)n4)cc3)cc2)n1. The highest BCUT2D eigenvalue weighted by molar-refractivity contribution is 6.28. The molecule has 0 fully saturated rings. The highest BCUT2D eigenvalue weighted by Crippen LogP contribution is 2.27. The molecule has 2 heterocycles. The third-order valence-corrected chi connectivity index (χ3v) is 6.07. The van der Waals surface area contributed by atoms with Crippen LogP contribution in [0.3, 0.4) is 0 Å². The molecule has 43 heavy (non-hydrogen) atoms. The second kappa shape index (κ2) is 13.0. The predicted octanol–water partition coefficient (Wildman–Crippen LogP) is 8.13. The van der Waals surface area contributed by atoms with Gasteiger partial charge in [-0.15, -0.1) is 0 Å². The maximum atomic E-state index is 6.11. The van der Waals surface area contributed by atoms with Gasteiger partial charge in [0.15, 0.2) is 0 Å². The van der Waals surface area contributed by atoms with Crippen molar-refractivity contribution in [3.8, 4) is 11.5 Å². The Bertz CT molecular complexity index is 1680. The third-order valence-electron chi connectivity index (χ3n) is 5.73. The first-order valence-electron chi connectivity index (χ1n) is 12.9. The van der Waals surface area contributed by atoms with Gasteiger partial charge in [-0.1, -0.05) is 36.4 Å². The molecule has 0 saturated heterocycles. The Morgan fingerprint density at radius 2 is 0.674 bits per heavy atom. The normalized spacial score (nSPS) is 10.6. The average Bonchev–Trinajstić information content (AvgIpc) is 3.00. The summed E-state index contributed by atoms with van der Waals surface area (Å²) in [5.74, 6) is 2.55. The van der Waals surface area contributed by atoms with E-state index in [4.69, 9.17) is 27.9 Å². The number of aromatic nitrogens is 6. The minimum atomic E-state index is 0.0664. The van der Waals surface area contributed by atoms with Crippen molar-refractivity contribution in [3.05, 3.63) is 120 Å². The summed E-state index contributed by atoms with van der Waals surface area (Å²) in [6.07, 6.45) is 0. The highest BCUT2D eigenvalue weighted by Gasteiger charge is 2.08. The molecule has 6 rings (SSSR count). The Labute approximate surface area is 256 Å². The van der Waals surface area contributed by atoms with Gasteiger partial charge in [0.25, 0.3) is 0 Å². The van der Waals surface area contributed by atoms with E-state index in [1.165, 1.54) is 0 Å². The molecule has 0 atom stereocenters. The molecule has 0 aliphatic carbocycles. The smallest absolute Gasteiger partial charge is 0.233 e. The summed E-state index contributed by atoms with van der Waals surface area (Å²) in [7, 11) is 0. The molecule has 11 nitrogen and oxygen atoms in total. The maximum absolute atomic E-state index is 6.11. The van der Waals surface area contributed by atoms with Crippen molar-refractivity contribution < 1.29 is 4.74 Å². The number of para-hydroxylation sites is 2. The lowest BCUT2D eigenvalue weighted by Crippen LogP contribution is -2.04. The summed E-state index contributed by atoms with van der Waals surface area (Å²) in [6, 6.07) is 33.8. The molecule has 0 spiro atoms. The molecule has 0 unspecified atom stereocenters. The van der Waals surface area contributed by atoms with E-state index < -0.39 is 0 Å². The van der Waals surface area contributed by atoms with Crippen molar-refractivity contribution in [1.29, 1.82) is 0 Å². The topological polar surface area (TPSA) is 135 Å². The first-order chi connectivity index (χ1) is 21.0. The Morgan fingerprint density at radius 1 is 0.372 bits per heavy atom. The molecule has 0 saturated carbocycles. The van der Waals surface area contributed by atoms with Crippen LogP contribution >= 0.6 is 23.2 Å². The second-order valence-electron chi connectivity index (χ2n) is 8.89. The van der Waals surface area contributed by atoms with Crippen LogP contribution in [0, 0.1) is 0 Å². The standard InChI is InChI=1S/C30H22Cl2N10O/c31-25-37-27(33-19-7-3-1-4-8-19)41-29(39-25)35-21-11-15-23(16-12-21)43-24-17-13-22(14-18-24)36-30-40-26(32)38-28(42-30)34-20-9-5-2-6-10-20/h1-18H,(H2,33,35,37,39,41)(H2,34,36,38,40,42). The van der Waals surface area contributed by atoms with E-state index in [0.717, 1.165) is 22.7 Å². The van der Waals surface area contributed by atoms with E-state index in [1.54, 1.807) is 0 Å². The monoisotopic (exact) mass is 608 g/mol. The van der Waals surface area contributed by atoms with Crippen LogP contribution in [-0.4, -0.2) is 29.9 Å². The van der Waals surface area contributed by atoms with Crippen LogP contribution in [0.2, 0.25) is 10.6 Å². The van der Waals surface area contributed by atoms with Gasteiger partial charge >= 0.3 is 0 Å². The van der Waals surface area contributed by atoms with Gasteiger partial charge < -0.3 is 26.0 Å². The molecule has 13 heteroatoms. The van der Waals surface area contributed by atoms with Crippen LogP contribution in [-0.2, 0) is 0 Å². The number of benzene rings is 4. The number of anilines is 8. The lowest BCUT2D eigenvalue weighted by atomic mass is 10.3. The van der Waals surface area contributed by atoms with Crippen LogP contribution in [0.15, 0.2) is 109 Å². The Hall–Kier alpha value is -5.52. The van der Waals surface area contributed by atoms with Gasteiger partial charge in [0, 0.05) is 22.7 Å². The fraction of sp³-hybridized carbons (Fsp3) is 0. The van der Waals surface area contributed by atoms with E-state index >= 15 is 0 Å². The molecule has 0 amide bonds. The lowest BCUT2D eigenvalue weighted by Gasteiger charge is -2.11. The maximum Gasteiger partial charge on any atom is 0.233 e. The molecule has 0 bridgehead atoms. The van der Waals surface area contributed by atoms with Crippen molar-refractivity contribution >= 4 is 69.7 Å². The molecule has 4 N–H and O–H groups in total. The third kappa shape index (κ3) is 7.82. The minimum absolute atomic E-state index is 0.0664. The molecular formula is C30H22Cl2N10O. The summed E-state index contributed by atoms with van der Waals surface area (Å²) in [4.78, 5) is 25.4. The number of halogens is 2. The van der Waals surface area contributed by atoms with Gasteiger partial charge in [0.2, 0.25) is 34.4 Å². The quantitative estimate of drug-likeness (QED) is 0.120. The number of hydrogen-bond donors (Lipinski definition) is 4. The van der Waals surface area contributed by atoms with E-state index in [2.05, 4.69) is 51.2 Å². The van der Waals surface area contributed by atoms with Crippen LogP contribution in [0.4, 0.5) is 46.5 Å². The molecule has 0 radical (unpaired) electrons. The van der Waals surface area contributed by atoms with Gasteiger partial charge in [0.05, 0.1) is 0 Å². The summed E-state index contributed by atoms with van der Waals surface area (Å²) in [6.45, 7) is 0. The van der Waals surface area contributed by atoms with Gasteiger partial charge in [0.1, 0.15) is 11.5 Å². The zero-order valence-electron chi connectivity index (χ0n) is 22.2. The first-order valence-corrected chi connectivity index (χ1v) is 13.7. The molecule has 0 aliphatic heterocycles. The number of nitrogens with zero attached hydrogens (tertiary/aromatic N) is 6. The fourth-order valence-corrected chi connectivity index (χ4v) is 4.15. The number of rotatable bonds is 10. The Morgan fingerprint density at radius 3 is 1.00 bits per heavy atom. The van der Waals surface area contributed by atoms with Crippen LogP contribution in [0.25, 0.3) is 0 Å². The van der Waals surface area contributed by atoms with Crippen LogP contribution < -0.4 is 26.0 Å². The van der Waals surface area contributed by atoms with Crippen molar-refractivity contribution in [2.75, 3.05) is 21.3 Å². The summed E-state index contributed by atoms with van der Waals surface area (Å²) in [5.41, 5.74) is 3.16. The van der Waals surface area contributed by atoms with Crippen LogP contribution in [0.5, 0.6) is 11.5 Å². The Kier molecular flexibility index (Phi) is 8.34. The van der Waals surface area contributed by atoms with Crippen molar-refractivity contribution in [1.82, 2.24) is 29.9 Å². The van der Waals surface area contributed by atoms with Crippen molar-refractivity contribution in [2.45, 2.75) is 0 Å². The molecule has 2 aromatic heterocycles. The summed E-state index contributed by atoms with van der Waals surface area (Å²) in [5, 5.41) is 12.6. The van der Waals surface area contributed by atoms with E-state index in [0.29, 0.717) is 35.3 Å². The lowest BCUT2D eigenvalue weighted by molar-refractivity contribution is 0.483. The number of ether oxygens (including phenoxy) is 1. The van der Waals surface area contributed by atoms with Crippen LogP contribution in [0.1, 0.15) is 0 Å². The summed E-state index contributed by atoms with van der Waals surface area (Å²) >= 11 is 12.2. The van der Waals surface area contributed by atoms with E-state index in [9.17, 15) is 0 Å². The fourth-order valence-electron chi connectivity index (χ4n) is 3.83. The first kappa shape index (κ1) is 27.6. The number of hydrogen-bond acceptors (Lipinski definition) is 11. The predicted molar refractivity (Wildman–Crippen MR) is 169 cm³/mol. The van der Waals surface area contributed by atoms with Gasteiger partial charge in [-0.3, -0.25) is 0 Å². The zero-order chi connectivity index (χ0) is 29.4. The summed E-state index contributed by atoms with van der Waals surface area (Å²) < 4.78 is 6.00. The zero-order valence-corrected chi connectivity index (χ0v) is 23.8. The molecule has 212 valence electrons. The Balaban J connectivity index is 1.06. The molecular weight excluding hydrogens is 587 g/mol.